The van der Waals surface area contributed by atoms with Crippen molar-refractivity contribution in [1.82, 2.24) is 14.9 Å². The summed E-state index contributed by atoms with van der Waals surface area (Å²) in [5.74, 6) is -0.845. The lowest BCUT2D eigenvalue weighted by Gasteiger charge is -2.39. The highest BCUT2D eigenvalue weighted by molar-refractivity contribution is 5.97. The number of nitrogens with one attached hydrogen (secondary N) is 1. The zero-order valence-electron chi connectivity index (χ0n) is 14.9. The van der Waals surface area contributed by atoms with Gasteiger partial charge in [-0.2, -0.15) is 0 Å². The van der Waals surface area contributed by atoms with E-state index in [2.05, 4.69) is 9.97 Å². The summed E-state index contributed by atoms with van der Waals surface area (Å²) in [4.78, 5) is 33.8. The van der Waals surface area contributed by atoms with Gasteiger partial charge >= 0.3 is 5.97 Å². The number of rotatable bonds is 4. The van der Waals surface area contributed by atoms with E-state index in [9.17, 15) is 14.7 Å². The monoisotopic (exact) mass is 363 g/mol. The number of aromatic nitrogens is 2. The van der Waals surface area contributed by atoms with Crippen LogP contribution in [0.1, 0.15) is 28.8 Å². The number of aromatic amines is 1. The molecule has 0 atom stereocenters. The summed E-state index contributed by atoms with van der Waals surface area (Å²) in [6.07, 6.45) is 3.00. The first kappa shape index (κ1) is 17.3. The molecule has 2 aromatic carbocycles. The maximum atomic E-state index is 12.8. The fourth-order valence-corrected chi connectivity index (χ4v) is 3.84. The molecule has 6 heteroatoms. The van der Waals surface area contributed by atoms with E-state index < -0.39 is 11.4 Å². The summed E-state index contributed by atoms with van der Waals surface area (Å²) < 4.78 is 0. The van der Waals surface area contributed by atoms with Gasteiger partial charge in [-0.25, -0.2) is 4.98 Å². The summed E-state index contributed by atoms with van der Waals surface area (Å²) in [6, 6.07) is 15.1. The number of carboxylic acid groups (broad SMARTS) is 1. The molecule has 2 heterocycles. The third-order valence-corrected chi connectivity index (χ3v) is 5.51. The Morgan fingerprint density at radius 2 is 1.85 bits per heavy atom. The minimum absolute atomic E-state index is 0.0646. The lowest BCUT2D eigenvalue weighted by atomic mass is 9.73. The summed E-state index contributed by atoms with van der Waals surface area (Å²) in [5.41, 5.74) is 2.44. The Kier molecular flexibility index (Phi) is 4.39. The molecule has 1 saturated heterocycles. The van der Waals surface area contributed by atoms with Gasteiger partial charge in [0.2, 0.25) is 0 Å². The molecule has 0 spiro atoms. The zero-order valence-corrected chi connectivity index (χ0v) is 14.9. The molecule has 0 aliphatic carbocycles. The van der Waals surface area contributed by atoms with Crippen molar-refractivity contribution in [2.24, 2.45) is 5.41 Å². The predicted octanol–water partition coefficient (Wildman–Crippen LogP) is 3.11. The van der Waals surface area contributed by atoms with Crippen LogP contribution in [0.15, 0.2) is 54.9 Å². The maximum absolute atomic E-state index is 12.8. The number of carboxylic acids is 1. The molecule has 0 radical (unpaired) electrons. The third kappa shape index (κ3) is 3.30. The van der Waals surface area contributed by atoms with Crippen molar-refractivity contribution in [3.8, 4) is 0 Å². The number of fused-ring (bicyclic) bond motifs is 1. The molecule has 1 amide bonds. The molecule has 1 fully saturated rings. The van der Waals surface area contributed by atoms with Crippen molar-refractivity contribution >= 4 is 22.9 Å². The molecular weight excluding hydrogens is 342 g/mol. The fraction of sp³-hybridized carbons (Fsp3) is 0.286. The second kappa shape index (κ2) is 6.87. The van der Waals surface area contributed by atoms with Crippen LogP contribution in [0.25, 0.3) is 11.0 Å². The molecule has 0 saturated carbocycles. The topological polar surface area (TPSA) is 86.3 Å². The maximum Gasteiger partial charge on any atom is 0.310 e. The lowest BCUT2D eigenvalue weighted by molar-refractivity contribution is -0.151. The minimum Gasteiger partial charge on any atom is -0.481 e. The van der Waals surface area contributed by atoms with Crippen molar-refractivity contribution in [3.63, 3.8) is 0 Å². The number of aliphatic carboxylic acids is 1. The molecule has 0 bridgehead atoms. The highest BCUT2D eigenvalue weighted by atomic mass is 16.4. The van der Waals surface area contributed by atoms with Crippen LogP contribution in [0.5, 0.6) is 0 Å². The van der Waals surface area contributed by atoms with Crippen LogP contribution in [0, 0.1) is 5.41 Å². The van der Waals surface area contributed by atoms with Gasteiger partial charge in [-0.3, -0.25) is 9.59 Å². The first-order valence-electron chi connectivity index (χ1n) is 9.07. The number of imidazole rings is 1. The smallest absolute Gasteiger partial charge is 0.310 e. The Bertz CT molecular complexity index is 973. The Morgan fingerprint density at radius 3 is 2.56 bits per heavy atom. The van der Waals surface area contributed by atoms with Crippen LogP contribution in [-0.2, 0) is 11.2 Å². The van der Waals surface area contributed by atoms with Crippen LogP contribution in [0.2, 0.25) is 0 Å². The molecule has 1 aliphatic heterocycles. The summed E-state index contributed by atoms with van der Waals surface area (Å²) in [7, 11) is 0. The second-order valence-electron chi connectivity index (χ2n) is 7.17. The Hall–Kier alpha value is -3.15. The number of H-pyrrole nitrogens is 1. The van der Waals surface area contributed by atoms with Gasteiger partial charge in [0, 0.05) is 18.7 Å². The zero-order chi connectivity index (χ0) is 18.9. The number of nitrogens with zero attached hydrogens (tertiary/aromatic N) is 2. The average molecular weight is 363 g/mol. The molecule has 27 heavy (non-hydrogen) atoms. The van der Waals surface area contributed by atoms with Crippen LogP contribution in [0.4, 0.5) is 0 Å². The number of piperidine rings is 1. The molecular formula is C21H21N3O3. The van der Waals surface area contributed by atoms with E-state index in [0.717, 1.165) is 16.6 Å². The van der Waals surface area contributed by atoms with Crippen molar-refractivity contribution in [2.45, 2.75) is 19.3 Å². The molecule has 4 rings (SSSR count). The van der Waals surface area contributed by atoms with Crippen LogP contribution < -0.4 is 0 Å². The molecule has 1 aromatic heterocycles. The van der Waals surface area contributed by atoms with E-state index in [1.54, 1.807) is 23.4 Å². The minimum atomic E-state index is -0.814. The second-order valence-corrected chi connectivity index (χ2v) is 7.17. The summed E-state index contributed by atoms with van der Waals surface area (Å²) >= 11 is 0. The van der Waals surface area contributed by atoms with E-state index in [4.69, 9.17) is 0 Å². The molecule has 138 valence electrons. The van der Waals surface area contributed by atoms with Crippen molar-refractivity contribution in [3.05, 3.63) is 66.0 Å². The molecule has 0 unspecified atom stereocenters. The Balaban J connectivity index is 1.49. The highest BCUT2D eigenvalue weighted by Gasteiger charge is 2.42. The molecule has 2 N–H and O–H groups in total. The van der Waals surface area contributed by atoms with Gasteiger partial charge in [-0.15, -0.1) is 0 Å². The van der Waals surface area contributed by atoms with Gasteiger partial charge in [0.1, 0.15) is 0 Å². The number of hydrogen-bond acceptors (Lipinski definition) is 3. The molecule has 1 aliphatic rings. The molecule has 3 aromatic rings. The predicted molar refractivity (Wildman–Crippen MR) is 101 cm³/mol. The number of carbonyl (C=O) groups is 2. The van der Waals surface area contributed by atoms with Crippen molar-refractivity contribution in [1.29, 1.82) is 0 Å². The van der Waals surface area contributed by atoms with E-state index in [1.165, 1.54) is 0 Å². The highest BCUT2D eigenvalue weighted by Crippen LogP contribution is 2.36. The van der Waals surface area contributed by atoms with Crippen molar-refractivity contribution < 1.29 is 14.7 Å². The lowest BCUT2D eigenvalue weighted by Crippen LogP contribution is -2.47. The van der Waals surface area contributed by atoms with Crippen LogP contribution >= 0.6 is 0 Å². The van der Waals surface area contributed by atoms with E-state index in [0.29, 0.717) is 37.9 Å². The van der Waals surface area contributed by atoms with Gasteiger partial charge in [-0.1, -0.05) is 30.3 Å². The SMILES string of the molecule is O=C(c1ccc2nc[nH]c2c1)N1CCC(Cc2ccccc2)(C(=O)O)CC1. The number of benzene rings is 2. The number of hydrogen-bond donors (Lipinski definition) is 2. The van der Waals surface area contributed by atoms with Crippen LogP contribution in [0.3, 0.4) is 0 Å². The van der Waals surface area contributed by atoms with E-state index in [-0.39, 0.29) is 5.91 Å². The normalized spacial score (nSPS) is 16.4. The third-order valence-electron chi connectivity index (χ3n) is 5.51. The Morgan fingerprint density at radius 1 is 1.11 bits per heavy atom. The van der Waals surface area contributed by atoms with Gasteiger partial charge in [0.25, 0.3) is 5.91 Å². The fourth-order valence-electron chi connectivity index (χ4n) is 3.84. The van der Waals surface area contributed by atoms with Crippen molar-refractivity contribution in [2.75, 3.05) is 13.1 Å². The molecule has 6 nitrogen and oxygen atoms in total. The standard InChI is InChI=1S/C21H21N3O3/c25-19(16-6-7-17-18(12-16)23-14-22-17)24-10-8-21(9-11-24,20(26)27)13-15-4-2-1-3-5-15/h1-7,12,14H,8-11,13H2,(H,22,23)(H,26,27). The summed E-state index contributed by atoms with van der Waals surface area (Å²) in [6.45, 7) is 0.887. The first-order valence-corrected chi connectivity index (χ1v) is 9.07. The van der Waals surface area contributed by atoms with Gasteiger partial charge in [0.15, 0.2) is 0 Å². The first-order chi connectivity index (χ1) is 13.1. The summed E-state index contributed by atoms with van der Waals surface area (Å²) in [5, 5.41) is 9.87. The average Bonchev–Trinajstić information content (AvgIpc) is 3.16. The van der Waals surface area contributed by atoms with Gasteiger partial charge in [-0.05, 0) is 43.0 Å². The quantitative estimate of drug-likeness (QED) is 0.746. The largest absolute Gasteiger partial charge is 0.481 e. The van der Waals surface area contributed by atoms with Gasteiger partial charge in [0.05, 0.1) is 22.8 Å². The van der Waals surface area contributed by atoms with E-state index in [1.807, 2.05) is 36.4 Å². The Labute approximate surface area is 156 Å². The number of amides is 1. The van der Waals surface area contributed by atoms with E-state index >= 15 is 0 Å². The number of likely N-dealkylation sites (tertiary alicyclic amines) is 1. The van der Waals surface area contributed by atoms with Gasteiger partial charge < -0.3 is 15.0 Å². The van der Waals surface area contributed by atoms with Crippen LogP contribution in [-0.4, -0.2) is 44.9 Å². The number of carbonyl (C=O) groups excluding carboxylic acids is 1.